The molecular weight excluding hydrogens is 226 g/mol. The molecule has 0 radical (unpaired) electrons. The summed E-state index contributed by atoms with van der Waals surface area (Å²) in [6.07, 6.45) is 2.48. The largest absolute Gasteiger partial charge is 0.355 e. The van der Waals surface area contributed by atoms with Crippen LogP contribution in [0.3, 0.4) is 0 Å². The van der Waals surface area contributed by atoms with Gasteiger partial charge in [-0.25, -0.2) is 0 Å². The van der Waals surface area contributed by atoms with Crippen LogP contribution < -0.4 is 5.32 Å². The molecule has 1 amide bonds. The topological polar surface area (TPSA) is 29.1 Å². The van der Waals surface area contributed by atoms with E-state index in [2.05, 4.69) is 17.9 Å². The predicted octanol–water partition coefficient (Wildman–Crippen LogP) is 2.20. The number of thiol groups is 1. The average molecular weight is 247 g/mol. The molecule has 0 aromatic carbocycles. The maximum atomic E-state index is 11.6. The summed E-state index contributed by atoms with van der Waals surface area (Å²) in [6, 6.07) is 0. The van der Waals surface area contributed by atoms with Gasteiger partial charge in [0.05, 0.1) is 5.25 Å². The minimum absolute atomic E-state index is 0.0894. The van der Waals surface area contributed by atoms with E-state index in [0.29, 0.717) is 11.8 Å². The lowest BCUT2D eigenvalue weighted by atomic mass is 10.0. The lowest BCUT2D eigenvalue weighted by Crippen LogP contribution is -2.38. The van der Waals surface area contributed by atoms with Crippen LogP contribution in [-0.2, 0) is 4.79 Å². The molecule has 0 bridgehead atoms. The first kappa shape index (κ1) is 13.2. The van der Waals surface area contributed by atoms with Crippen molar-refractivity contribution in [1.29, 1.82) is 0 Å². The Balaban J connectivity index is 2.20. The van der Waals surface area contributed by atoms with E-state index in [9.17, 15) is 4.79 Å². The standard InChI is InChI=1S/C11H21NOS2/c1-8(2)10(14)11(13)12-7-9-3-5-15-6-4-9/h8-10,14H,3-7H2,1-2H3,(H,12,13). The second kappa shape index (κ2) is 6.69. The highest BCUT2D eigenvalue weighted by molar-refractivity contribution is 7.99. The Morgan fingerprint density at radius 2 is 2.07 bits per heavy atom. The number of thioether (sulfide) groups is 1. The zero-order valence-corrected chi connectivity index (χ0v) is 11.2. The number of carbonyl (C=O) groups is 1. The molecule has 1 N–H and O–H groups in total. The highest BCUT2D eigenvalue weighted by Gasteiger charge is 2.19. The van der Waals surface area contributed by atoms with Gasteiger partial charge in [-0.1, -0.05) is 13.8 Å². The van der Waals surface area contributed by atoms with E-state index < -0.39 is 0 Å². The Morgan fingerprint density at radius 3 is 2.60 bits per heavy atom. The number of hydrogen-bond acceptors (Lipinski definition) is 3. The molecule has 1 unspecified atom stereocenters. The van der Waals surface area contributed by atoms with Crippen LogP contribution in [0.15, 0.2) is 0 Å². The van der Waals surface area contributed by atoms with E-state index in [1.54, 1.807) is 0 Å². The lowest BCUT2D eigenvalue weighted by Gasteiger charge is -2.23. The molecule has 1 aliphatic heterocycles. The van der Waals surface area contributed by atoms with E-state index in [-0.39, 0.29) is 11.2 Å². The molecule has 1 fully saturated rings. The van der Waals surface area contributed by atoms with Crippen molar-refractivity contribution >= 4 is 30.3 Å². The first-order chi connectivity index (χ1) is 7.11. The van der Waals surface area contributed by atoms with Crippen molar-refractivity contribution in [3.8, 4) is 0 Å². The summed E-state index contributed by atoms with van der Waals surface area (Å²) in [6.45, 7) is 4.88. The Kier molecular flexibility index (Phi) is 5.90. The fourth-order valence-corrected chi connectivity index (χ4v) is 2.90. The SMILES string of the molecule is CC(C)C(S)C(=O)NCC1CCSCC1. The quantitative estimate of drug-likeness (QED) is 0.746. The molecule has 1 aliphatic rings. The molecule has 4 heteroatoms. The highest BCUT2D eigenvalue weighted by Crippen LogP contribution is 2.22. The molecule has 1 heterocycles. The minimum atomic E-state index is -0.164. The first-order valence-corrected chi connectivity index (χ1v) is 7.32. The van der Waals surface area contributed by atoms with E-state index in [1.165, 1.54) is 24.3 Å². The van der Waals surface area contributed by atoms with Crippen LogP contribution in [0.2, 0.25) is 0 Å². The number of hydrogen-bond donors (Lipinski definition) is 2. The zero-order chi connectivity index (χ0) is 11.3. The summed E-state index contributed by atoms with van der Waals surface area (Å²) in [5.41, 5.74) is 0. The van der Waals surface area contributed by atoms with E-state index >= 15 is 0 Å². The van der Waals surface area contributed by atoms with Gasteiger partial charge in [-0.2, -0.15) is 24.4 Å². The van der Waals surface area contributed by atoms with Crippen molar-refractivity contribution in [2.24, 2.45) is 11.8 Å². The number of carbonyl (C=O) groups excluding carboxylic acids is 1. The Bertz CT molecular complexity index is 203. The van der Waals surface area contributed by atoms with Gasteiger partial charge in [-0.15, -0.1) is 0 Å². The second-order valence-electron chi connectivity index (χ2n) is 4.49. The molecule has 2 nitrogen and oxygen atoms in total. The van der Waals surface area contributed by atoms with Gasteiger partial charge in [0, 0.05) is 6.54 Å². The van der Waals surface area contributed by atoms with E-state index in [4.69, 9.17) is 0 Å². The summed E-state index contributed by atoms with van der Waals surface area (Å²) in [5, 5.41) is 2.84. The van der Waals surface area contributed by atoms with Crippen LogP contribution >= 0.6 is 24.4 Å². The molecule has 1 saturated heterocycles. The number of nitrogens with one attached hydrogen (secondary N) is 1. The Labute approximate surface area is 102 Å². The number of rotatable bonds is 4. The molecule has 1 atom stereocenters. The molecule has 88 valence electrons. The van der Waals surface area contributed by atoms with Crippen LogP contribution in [-0.4, -0.2) is 29.2 Å². The summed E-state index contributed by atoms with van der Waals surface area (Å²) in [4.78, 5) is 11.6. The van der Waals surface area contributed by atoms with Crippen molar-refractivity contribution in [1.82, 2.24) is 5.32 Å². The molecule has 1 rings (SSSR count). The number of amides is 1. The van der Waals surface area contributed by atoms with Gasteiger partial charge >= 0.3 is 0 Å². The molecule has 0 aliphatic carbocycles. The summed E-state index contributed by atoms with van der Waals surface area (Å²) in [5.74, 6) is 3.56. The van der Waals surface area contributed by atoms with Gasteiger partial charge in [0.15, 0.2) is 0 Å². The monoisotopic (exact) mass is 247 g/mol. The maximum absolute atomic E-state index is 11.6. The molecular formula is C11H21NOS2. The van der Waals surface area contributed by atoms with Gasteiger partial charge in [0.2, 0.25) is 5.91 Å². The van der Waals surface area contributed by atoms with Gasteiger partial charge in [-0.3, -0.25) is 4.79 Å². The third-order valence-corrected chi connectivity index (χ3v) is 4.69. The van der Waals surface area contributed by atoms with Crippen molar-refractivity contribution in [2.45, 2.75) is 31.9 Å². The Morgan fingerprint density at radius 1 is 1.47 bits per heavy atom. The van der Waals surface area contributed by atoms with Crippen LogP contribution in [0.5, 0.6) is 0 Å². The maximum Gasteiger partial charge on any atom is 0.233 e. The van der Waals surface area contributed by atoms with Crippen LogP contribution in [0.25, 0.3) is 0 Å². The predicted molar refractivity (Wildman–Crippen MR) is 70.7 cm³/mol. The molecule has 0 saturated carbocycles. The van der Waals surface area contributed by atoms with E-state index in [0.717, 1.165) is 6.54 Å². The molecule has 0 aromatic rings. The van der Waals surface area contributed by atoms with Crippen molar-refractivity contribution in [3.63, 3.8) is 0 Å². The smallest absolute Gasteiger partial charge is 0.233 e. The fourth-order valence-electron chi connectivity index (χ4n) is 1.60. The lowest BCUT2D eigenvalue weighted by molar-refractivity contribution is -0.121. The highest BCUT2D eigenvalue weighted by atomic mass is 32.2. The minimum Gasteiger partial charge on any atom is -0.355 e. The summed E-state index contributed by atoms with van der Waals surface area (Å²) < 4.78 is 0. The van der Waals surface area contributed by atoms with Gasteiger partial charge in [-0.05, 0) is 36.2 Å². The van der Waals surface area contributed by atoms with Gasteiger partial charge in [0.1, 0.15) is 0 Å². The van der Waals surface area contributed by atoms with Crippen molar-refractivity contribution < 1.29 is 4.79 Å². The van der Waals surface area contributed by atoms with Crippen LogP contribution in [0.1, 0.15) is 26.7 Å². The van der Waals surface area contributed by atoms with Crippen molar-refractivity contribution in [2.75, 3.05) is 18.1 Å². The van der Waals surface area contributed by atoms with Crippen LogP contribution in [0.4, 0.5) is 0 Å². The van der Waals surface area contributed by atoms with E-state index in [1.807, 2.05) is 25.6 Å². The molecule has 0 aromatic heterocycles. The first-order valence-electron chi connectivity index (χ1n) is 5.64. The third kappa shape index (κ3) is 4.68. The van der Waals surface area contributed by atoms with Crippen molar-refractivity contribution in [3.05, 3.63) is 0 Å². The second-order valence-corrected chi connectivity index (χ2v) is 6.27. The van der Waals surface area contributed by atoms with Gasteiger partial charge < -0.3 is 5.32 Å². The third-order valence-electron chi connectivity index (χ3n) is 2.81. The average Bonchev–Trinajstić information content (AvgIpc) is 2.26. The van der Waals surface area contributed by atoms with Crippen LogP contribution in [0, 0.1) is 11.8 Å². The molecule has 0 spiro atoms. The normalized spacial score (nSPS) is 20.3. The van der Waals surface area contributed by atoms with Gasteiger partial charge in [0.25, 0.3) is 0 Å². The summed E-state index contributed by atoms with van der Waals surface area (Å²) in [7, 11) is 0. The molecule has 15 heavy (non-hydrogen) atoms. The zero-order valence-electron chi connectivity index (χ0n) is 9.53. The fraction of sp³-hybridized carbons (Fsp3) is 0.909. The summed E-state index contributed by atoms with van der Waals surface area (Å²) >= 11 is 6.32. The Hall–Kier alpha value is 0.170.